The number of rotatable bonds is 2. The molecule has 0 amide bonds. The maximum absolute atomic E-state index is 13.0. The van der Waals surface area contributed by atoms with Gasteiger partial charge in [-0.05, 0) is 28.9 Å². The molecule has 0 aliphatic heterocycles. The van der Waals surface area contributed by atoms with E-state index in [1.807, 2.05) is 0 Å². The van der Waals surface area contributed by atoms with Gasteiger partial charge in [0, 0.05) is 5.56 Å². The first-order valence-electron chi connectivity index (χ1n) is 3.66. The van der Waals surface area contributed by atoms with Crippen molar-refractivity contribution in [1.82, 2.24) is 0 Å². The van der Waals surface area contributed by atoms with Gasteiger partial charge >= 0.3 is 0 Å². The van der Waals surface area contributed by atoms with Crippen LogP contribution in [0.2, 0.25) is 0 Å². The molecule has 1 unspecified atom stereocenters. The van der Waals surface area contributed by atoms with Gasteiger partial charge in [0.25, 0.3) is 0 Å². The van der Waals surface area contributed by atoms with Crippen LogP contribution in [0, 0.1) is 5.82 Å². The summed E-state index contributed by atoms with van der Waals surface area (Å²) in [4.78, 5) is 11.2. The SMILES string of the molecule is CC(Br)C(=O)c1cccc(F)c1Br. The van der Waals surface area contributed by atoms with Crippen LogP contribution in [-0.4, -0.2) is 10.6 Å². The molecule has 0 aliphatic rings. The average molecular weight is 310 g/mol. The van der Waals surface area contributed by atoms with Gasteiger partial charge in [-0.2, -0.15) is 0 Å². The fourth-order valence-electron chi connectivity index (χ4n) is 0.908. The van der Waals surface area contributed by atoms with Crippen molar-refractivity contribution in [2.45, 2.75) is 11.8 Å². The van der Waals surface area contributed by atoms with Crippen molar-refractivity contribution >= 4 is 37.6 Å². The number of carbonyl (C=O) groups excluding carboxylic acids is 1. The first-order valence-corrected chi connectivity index (χ1v) is 5.37. The molecule has 70 valence electrons. The van der Waals surface area contributed by atoms with Crippen LogP contribution in [-0.2, 0) is 0 Å². The third kappa shape index (κ3) is 2.38. The number of hydrogen-bond donors (Lipinski definition) is 0. The Hall–Kier alpha value is -0.220. The van der Waals surface area contributed by atoms with Crippen molar-refractivity contribution in [3.63, 3.8) is 0 Å². The third-order valence-electron chi connectivity index (χ3n) is 1.58. The summed E-state index contributed by atoms with van der Waals surface area (Å²) >= 11 is 6.17. The van der Waals surface area contributed by atoms with Gasteiger partial charge in [0.05, 0.1) is 9.30 Å². The van der Waals surface area contributed by atoms with E-state index >= 15 is 0 Å². The Balaban J connectivity index is 3.15. The van der Waals surface area contributed by atoms with E-state index in [1.165, 1.54) is 12.1 Å². The van der Waals surface area contributed by atoms with Crippen LogP contribution in [0.3, 0.4) is 0 Å². The second kappa shape index (κ2) is 4.33. The molecule has 0 saturated carbocycles. The van der Waals surface area contributed by atoms with Crippen molar-refractivity contribution in [2.24, 2.45) is 0 Å². The van der Waals surface area contributed by atoms with E-state index in [-0.39, 0.29) is 15.1 Å². The van der Waals surface area contributed by atoms with Crippen LogP contribution < -0.4 is 0 Å². The highest BCUT2D eigenvalue weighted by molar-refractivity contribution is 9.10. The van der Waals surface area contributed by atoms with Crippen molar-refractivity contribution < 1.29 is 9.18 Å². The summed E-state index contributed by atoms with van der Waals surface area (Å²) in [5, 5.41) is 0. The standard InChI is InChI=1S/C9H7Br2FO/c1-5(10)9(13)6-3-2-4-7(12)8(6)11/h2-5H,1H3. The second-order valence-electron chi connectivity index (χ2n) is 2.58. The second-order valence-corrected chi connectivity index (χ2v) is 4.75. The number of ketones is 1. The molecule has 1 aromatic carbocycles. The number of hydrogen-bond acceptors (Lipinski definition) is 1. The Morgan fingerprint density at radius 3 is 2.69 bits per heavy atom. The van der Waals surface area contributed by atoms with Gasteiger partial charge in [0.15, 0.2) is 5.78 Å². The Bertz CT molecular complexity index is 336. The maximum Gasteiger partial charge on any atom is 0.177 e. The summed E-state index contributed by atoms with van der Waals surface area (Å²) < 4.78 is 13.2. The Morgan fingerprint density at radius 2 is 2.15 bits per heavy atom. The van der Waals surface area contributed by atoms with Gasteiger partial charge in [-0.3, -0.25) is 4.79 Å². The van der Waals surface area contributed by atoms with E-state index in [0.29, 0.717) is 5.56 Å². The molecule has 0 heterocycles. The minimum Gasteiger partial charge on any atom is -0.293 e. The van der Waals surface area contributed by atoms with Crippen LogP contribution >= 0.6 is 31.9 Å². The van der Waals surface area contributed by atoms with Crippen LogP contribution in [0.15, 0.2) is 22.7 Å². The number of Topliss-reactive ketones (excluding diaryl/α,β-unsaturated/α-hetero) is 1. The molecule has 0 aliphatic carbocycles. The Kier molecular flexibility index (Phi) is 3.62. The summed E-state index contributed by atoms with van der Waals surface area (Å²) in [6, 6.07) is 4.41. The molecule has 1 aromatic rings. The molecule has 13 heavy (non-hydrogen) atoms. The minimum atomic E-state index is -0.418. The van der Waals surface area contributed by atoms with Gasteiger partial charge in [-0.1, -0.05) is 28.1 Å². The van der Waals surface area contributed by atoms with E-state index in [0.717, 1.165) is 0 Å². The monoisotopic (exact) mass is 308 g/mol. The van der Waals surface area contributed by atoms with E-state index < -0.39 is 5.82 Å². The minimum absolute atomic E-state index is 0.133. The zero-order chi connectivity index (χ0) is 10.0. The van der Waals surface area contributed by atoms with Crippen molar-refractivity contribution in [1.29, 1.82) is 0 Å². The lowest BCUT2D eigenvalue weighted by Gasteiger charge is -2.05. The molecule has 0 fully saturated rings. The highest BCUT2D eigenvalue weighted by Gasteiger charge is 2.16. The van der Waals surface area contributed by atoms with Crippen LogP contribution in [0.1, 0.15) is 17.3 Å². The highest BCUT2D eigenvalue weighted by Crippen LogP contribution is 2.22. The fourth-order valence-corrected chi connectivity index (χ4v) is 1.61. The Labute approximate surface area is 92.6 Å². The van der Waals surface area contributed by atoms with Gasteiger partial charge in [-0.15, -0.1) is 0 Å². The molecule has 0 aromatic heterocycles. The summed E-state index contributed by atoms with van der Waals surface area (Å²) in [5.41, 5.74) is 0.365. The third-order valence-corrected chi connectivity index (χ3v) is 2.80. The maximum atomic E-state index is 13.0. The van der Waals surface area contributed by atoms with E-state index in [1.54, 1.807) is 13.0 Å². The summed E-state index contributed by atoms with van der Waals surface area (Å²) in [5.74, 6) is -0.551. The van der Waals surface area contributed by atoms with E-state index in [9.17, 15) is 9.18 Å². The average Bonchev–Trinajstić information content (AvgIpc) is 2.08. The van der Waals surface area contributed by atoms with Gasteiger partial charge in [0.2, 0.25) is 0 Å². The molecule has 0 spiro atoms. The Morgan fingerprint density at radius 1 is 1.54 bits per heavy atom. The van der Waals surface area contributed by atoms with Gasteiger partial charge in [-0.25, -0.2) is 4.39 Å². The van der Waals surface area contributed by atoms with Gasteiger partial charge in [0.1, 0.15) is 5.82 Å². The molecule has 4 heteroatoms. The highest BCUT2D eigenvalue weighted by atomic mass is 79.9. The first-order chi connectivity index (χ1) is 6.04. The van der Waals surface area contributed by atoms with Crippen LogP contribution in [0.25, 0.3) is 0 Å². The van der Waals surface area contributed by atoms with Crippen LogP contribution in [0.5, 0.6) is 0 Å². The van der Waals surface area contributed by atoms with Crippen LogP contribution in [0.4, 0.5) is 4.39 Å². The van der Waals surface area contributed by atoms with Crippen molar-refractivity contribution in [2.75, 3.05) is 0 Å². The number of alkyl halides is 1. The number of halogens is 3. The number of carbonyl (C=O) groups is 1. The summed E-state index contributed by atoms with van der Waals surface area (Å²) in [6.07, 6.45) is 0. The molecule has 0 saturated heterocycles. The van der Waals surface area contributed by atoms with Crippen molar-refractivity contribution in [3.8, 4) is 0 Å². The number of benzene rings is 1. The largest absolute Gasteiger partial charge is 0.293 e. The quantitative estimate of drug-likeness (QED) is 0.603. The predicted molar refractivity (Wildman–Crippen MR) is 56.8 cm³/mol. The first kappa shape index (κ1) is 10.9. The predicted octanol–water partition coefficient (Wildman–Crippen LogP) is 3.55. The summed E-state index contributed by atoms with van der Waals surface area (Å²) in [7, 11) is 0. The zero-order valence-corrected chi connectivity index (χ0v) is 10.0. The topological polar surface area (TPSA) is 17.1 Å². The van der Waals surface area contributed by atoms with E-state index in [2.05, 4.69) is 31.9 Å². The normalized spacial score (nSPS) is 12.6. The molecular weight excluding hydrogens is 303 g/mol. The zero-order valence-electron chi connectivity index (χ0n) is 6.85. The lowest BCUT2D eigenvalue weighted by Crippen LogP contribution is -2.11. The van der Waals surface area contributed by atoms with Crippen molar-refractivity contribution in [3.05, 3.63) is 34.1 Å². The molecule has 0 bridgehead atoms. The molecule has 1 atom stereocenters. The lowest BCUT2D eigenvalue weighted by atomic mass is 10.1. The van der Waals surface area contributed by atoms with E-state index in [4.69, 9.17) is 0 Å². The molecule has 1 rings (SSSR count). The molecule has 1 nitrogen and oxygen atoms in total. The fraction of sp³-hybridized carbons (Fsp3) is 0.222. The summed E-state index contributed by atoms with van der Waals surface area (Å²) in [6.45, 7) is 1.71. The smallest absolute Gasteiger partial charge is 0.177 e. The lowest BCUT2D eigenvalue weighted by molar-refractivity contribution is 0.0994. The molecule has 0 N–H and O–H groups in total. The molecule has 0 radical (unpaired) electrons. The molecular formula is C9H7Br2FO. The van der Waals surface area contributed by atoms with Gasteiger partial charge < -0.3 is 0 Å².